The molecule has 3 aromatic heterocycles. The van der Waals surface area contributed by atoms with Crippen molar-refractivity contribution in [1.29, 1.82) is 0 Å². The summed E-state index contributed by atoms with van der Waals surface area (Å²) >= 11 is 0. The minimum atomic E-state index is -0.0969. The zero-order valence-electron chi connectivity index (χ0n) is 29.5. The molecule has 0 unspecified atom stereocenters. The molecular weight excluding hydrogens is 645 g/mol. The molecule has 3 heterocycles. The largest absolute Gasteiger partial charge is 0.309 e. The Hall–Kier alpha value is -6.78. The van der Waals surface area contributed by atoms with Crippen LogP contribution in [0.15, 0.2) is 170 Å². The predicted octanol–water partition coefficient (Wildman–Crippen LogP) is 12.3. The molecule has 0 fully saturated rings. The summed E-state index contributed by atoms with van der Waals surface area (Å²) in [5, 5.41) is 4.81. The van der Waals surface area contributed by atoms with Crippen molar-refractivity contribution in [2.45, 2.75) is 19.3 Å². The molecule has 10 aromatic rings. The third-order valence-electron chi connectivity index (χ3n) is 11.3. The van der Waals surface area contributed by atoms with Crippen molar-refractivity contribution in [3.8, 4) is 45.3 Å². The molecule has 4 heteroatoms. The Morgan fingerprint density at radius 2 is 1.09 bits per heavy atom. The van der Waals surface area contributed by atoms with E-state index in [-0.39, 0.29) is 5.41 Å². The molecule has 0 atom stereocenters. The van der Waals surface area contributed by atoms with Gasteiger partial charge in [0.25, 0.3) is 0 Å². The first-order valence-corrected chi connectivity index (χ1v) is 18.3. The quantitative estimate of drug-likeness (QED) is 0.186. The molecule has 0 amide bonds. The van der Waals surface area contributed by atoms with Gasteiger partial charge in [0.05, 0.1) is 27.8 Å². The first kappa shape index (κ1) is 29.9. The molecule has 53 heavy (non-hydrogen) atoms. The molecule has 0 saturated heterocycles. The molecule has 0 saturated carbocycles. The van der Waals surface area contributed by atoms with Crippen LogP contribution in [0.25, 0.3) is 88.9 Å². The van der Waals surface area contributed by atoms with Gasteiger partial charge in [-0.15, -0.1) is 0 Å². The number of hydrogen-bond donors (Lipinski definition) is 0. The van der Waals surface area contributed by atoms with Crippen LogP contribution in [0.1, 0.15) is 25.0 Å². The molecule has 0 aliphatic heterocycles. The summed E-state index contributed by atoms with van der Waals surface area (Å²) in [4.78, 5) is 10.5. The van der Waals surface area contributed by atoms with Crippen LogP contribution in [0.4, 0.5) is 0 Å². The molecule has 0 N–H and O–H groups in total. The van der Waals surface area contributed by atoms with Gasteiger partial charge in [-0.2, -0.15) is 0 Å². The van der Waals surface area contributed by atoms with Crippen molar-refractivity contribution < 1.29 is 0 Å². The molecule has 4 nitrogen and oxygen atoms in total. The second-order valence-corrected chi connectivity index (χ2v) is 14.6. The Bertz CT molecular complexity index is 3020. The Morgan fingerprint density at radius 1 is 0.453 bits per heavy atom. The van der Waals surface area contributed by atoms with E-state index in [1.54, 1.807) is 0 Å². The highest BCUT2D eigenvalue weighted by atomic mass is 15.1. The van der Waals surface area contributed by atoms with E-state index in [2.05, 4.69) is 169 Å². The molecule has 11 rings (SSSR count). The molecule has 0 bridgehead atoms. The fraction of sp³-hybridized carbons (Fsp3) is 0.0612. The van der Waals surface area contributed by atoms with Crippen molar-refractivity contribution in [3.05, 3.63) is 181 Å². The topological polar surface area (TPSA) is 35.6 Å². The van der Waals surface area contributed by atoms with Gasteiger partial charge in [-0.3, -0.25) is 4.57 Å². The molecule has 0 spiro atoms. The van der Waals surface area contributed by atoms with Gasteiger partial charge in [-0.1, -0.05) is 147 Å². The zero-order chi connectivity index (χ0) is 35.3. The van der Waals surface area contributed by atoms with Crippen LogP contribution in [0.3, 0.4) is 0 Å². The lowest BCUT2D eigenvalue weighted by molar-refractivity contribution is 0.660. The summed E-state index contributed by atoms with van der Waals surface area (Å²) in [5.74, 6) is 1.54. The Kier molecular flexibility index (Phi) is 6.27. The van der Waals surface area contributed by atoms with Crippen molar-refractivity contribution in [2.75, 3.05) is 0 Å². The van der Waals surface area contributed by atoms with E-state index in [0.29, 0.717) is 5.82 Å². The maximum atomic E-state index is 5.34. The van der Waals surface area contributed by atoms with Gasteiger partial charge in [0.15, 0.2) is 5.82 Å². The van der Waals surface area contributed by atoms with E-state index in [9.17, 15) is 0 Å². The molecular formula is C49H34N4. The highest BCUT2D eigenvalue weighted by Gasteiger charge is 2.35. The predicted molar refractivity (Wildman–Crippen MR) is 219 cm³/mol. The van der Waals surface area contributed by atoms with Crippen LogP contribution < -0.4 is 0 Å². The first-order chi connectivity index (χ1) is 26.1. The van der Waals surface area contributed by atoms with Crippen LogP contribution in [0, 0.1) is 0 Å². The monoisotopic (exact) mass is 678 g/mol. The van der Waals surface area contributed by atoms with Crippen molar-refractivity contribution in [1.82, 2.24) is 19.1 Å². The third-order valence-corrected chi connectivity index (χ3v) is 11.3. The zero-order valence-corrected chi connectivity index (χ0v) is 29.5. The summed E-state index contributed by atoms with van der Waals surface area (Å²) in [6.07, 6.45) is 0. The standard InChI is InChI=1S/C49H34N4/c1-49(2)39-22-12-9-19-34(39)35-26-25-33(29-40(35)49)52-43-24-14-11-21-38(43)46-44(52)28-27-37-36-20-10-13-23-42(36)53(47(37)46)45-30-41(31-15-5-3-6-16-31)50-48(51-45)32-17-7-4-8-18-32/h3-30H,1-2H3. The smallest absolute Gasteiger partial charge is 0.162 e. The Labute approximate surface area is 307 Å². The molecule has 7 aromatic carbocycles. The van der Waals surface area contributed by atoms with E-state index in [1.807, 2.05) is 24.3 Å². The van der Waals surface area contributed by atoms with E-state index in [0.717, 1.165) is 44.9 Å². The Balaban J connectivity index is 1.24. The molecule has 1 aliphatic rings. The van der Waals surface area contributed by atoms with Gasteiger partial charge in [0, 0.05) is 49.8 Å². The minimum absolute atomic E-state index is 0.0969. The van der Waals surface area contributed by atoms with Crippen LogP contribution in [-0.2, 0) is 5.41 Å². The SMILES string of the molecule is CC1(C)c2ccccc2-c2ccc(-n3c4ccccc4c4c3ccc3c5ccccc5n(-c5cc(-c6ccccc6)nc(-c6ccccc6)n5)c34)cc21. The van der Waals surface area contributed by atoms with Crippen molar-refractivity contribution in [3.63, 3.8) is 0 Å². The summed E-state index contributed by atoms with van der Waals surface area (Å²) in [6.45, 7) is 4.70. The van der Waals surface area contributed by atoms with E-state index in [1.165, 1.54) is 49.3 Å². The average Bonchev–Trinajstić information content (AvgIpc) is 3.81. The summed E-state index contributed by atoms with van der Waals surface area (Å²) in [5.41, 5.74) is 14.0. The lowest BCUT2D eigenvalue weighted by atomic mass is 9.82. The lowest BCUT2D eigenvalue weighted by Crippen LogP contribution is -2.15. The molecule has 250 valence electrons. The summed E-state index contributed by atoms with van der Waals surface area (Å²) in [7, 11) is 0. The molecule has 0 radical (unpaired) electrons. The minimum Gasteiger partial charge on any atom is -0.309 e. The number of rotatable bonds is 4. The number of fused-ring (bicyclic) bond motifs is 10. The van der Waals surface area contributed by atoms with Crippen LogP contribution in [-0.4, -0.2) is 19.1 Å². The van der Waals surface area contributed by atoms with Gasteiger partial charge in [-0.05, 0) is 52.6 Å². The highest BCUT2D eigenvalue weighted by molar-refractivity contribution is 6.26. The lowest BCUT2D eigenvalue weighted by Gasteiger charge is -2.22. The highest BCUT2D eigenvalue weighted by Crippen LogP contribution is 2.50. The van der Waals surface area contributed by atoms with E-state index >= 15 is 0 Å². The van der Waals surface area contributed by atoms with Crippen LogP contribution in [0.5, 0.6) is 0 Å². The number of nitrogens with zero attached hydrogens (tertiary/aromatic N) is 4. The Morgan fingerprint density at radius 3 is 1.89 bits per heavy atom. The summed E-state index contributed by atoms with van der Waals surface area (Å²) in [6, 6.07) is 60.9. The van der Waals surface area contributed by atoms with Gasteiger partial charge in [-0.25, -0.2) is 9.97 Å². The average molecular weight is 679 g/mol. The van der Waals surface area contributed by atoms with Gasteiger partial charge in [0.2, 0.25) is 0 Å². The maximum absolute atomic E-state index is 5.34. The van der Waals surface area contributed by atoms with Gasteiger partial charge >= 0.3 is 0 Å². The summed E-state index contributed by atoms with van der Waals surface area (Å²) < 4.78 is 4.82. The molecule has 1 aliphatic carbocycles. The maximum Gasteiger partial charge on any atom is 0.162 e. The van der Waals surface area contributed by atoms with Crippen LogP contribution in [0.2, 0.25) is 0 Å². The van der Waals surface area contributed by atoms with Gasteiger partial charge in [0.1, 0.15) is 5.82 Å². The number of aromatic nitrogens is 4. The number of hydrogen-bond acceptors (Lipinski definition) is 2. The fourth-order valence-electron chi connectivity index (χ4n) is 8.88. The van der Waals surface area contributed by atoms with Crippen molar-refractivity contribution in [2.24, 2.45) is 0 Å². The normalized spacial score (nSPS) is 13.2. The van der Waals surface area contributed by atoms with Crippen molar-refractivity contribution >= 4 is 43.6 Å². The third kappa shape index (κ3) is 4.30. The van der Waals surface area contributed by atoms with E-state index in [4.69, 9.17) is 9.97 Å². The second-order valence-electron chi connectivity index (χ2n) is 14.6. The van der Waals surface area contributed by atoms with Gasteiger partial charge < -0.3 is 4.57 Å². The first-order valence-electron chi connectivity index (χ1n) is 18.3. The fourth-order valence-corrected chi connectivity index (χ4v) is 8.88. The number of benzene rings is 7. The van der Waals surface area contributed by atoms with Crippen LogP contribution >= 0.6 is 0 Å². The second kappa shape index (κ2) is 11.1. The van der Waals surface area contributed by atoms with E-state index < -0.39 is 0 Å². The number of para-hydroxylation sites is 2.